The summed E-state index contributed by atoms with van der Waals surface area (Å²) >= 11 is 0. The molecule has 0 aliphatic rings. The Labute approximate surface area is 94.9 Å². The summed E-state index contributed by atoms with van der Waals surface area (Å²) in [4.78, 5) is 0. The largest absolute Gasteiger partial charge is 0.399 e. The zero-order valence-electron chi connectivity index (χ0n) is 9.22. The number of aliphatic hydroxyl groups excluding tert-OH is 2. The second-order valence-electron chi connectivity index (χ2n) is 3.69. The van der Waals surface area contributed by atoms with Crippen molar-refractivity contribution in [2.24, 2.45) is 0 Å². The molecule has 1 rings (SSSR count). The van der Waals surface area contributed by atoms with Crippen molar-refractivity contribution in [3.05, 3.63) is 29.3 Å². The van der Waals surface area contributed by atoms with Gasteiger partial charge in [0, 0.05) is 5.69 Å². The molecular weight excluding hydrogens is 204 g/mol. The Bertz CT molecular complexity index is 398. The average Bonchev–Trinajstić information content (AvgIpc) is 2.29. The standard InChI is InChI=1S/C12H16N2O2/c1-2-8-7-9(3-4-10(8)14)12(16)11(15)5-6-13/h3-4,7,11-12,15-16H,2,5,14H2,1H3. The maximum Gasteiger partial charge on any atom is 0.106 e. The van der Waals surface area contributed by atoms with Crippen molar-refractivity contribution < 1.29 is 10.2 Å². The quantitative estimate of drug-likeness (QED) is 0.664. The predicted molar refractivity (Wildman–Crippen MR) is 61.4 cm³/mol. The molecule has 1 aromatic carbocycles. The van der Waals surface area contributed by atoms with E-state index in [2.05, 4.69) is 0 Å². The first-order chi connectivity index (χ1) is 7.60. The van der Waals surface area contributed by atoms with Crippen LogP contribution in [0.5, 0.6) is 0 Å². The van der Waals surface area contributed by atoms with Crippen LogP contribution in [0.2, 0.25) is 0 Å². The van der Waals surface area contributed by atoms with E-state index in [9.17, 15) is 10.2 Å². The number of anilines is 1. The van der Waals surface area contributed by atoms with Crippen molar-refractivity contribution in [2.75, 3.05) is 5.73 Å². The maximum atomic E-state index is 9.79. The molecule has 0 amide bonds. The SMILES string of the molecule is CCc1cc(C(O)C(O)CC#N)ccc1N. The molecule has 2 unspecified atom stereocenters. The molecule has 0 aliphatic carbocycles. The van der Waals surface area contributed by atoms with Gasteiger partial charge in [-0.1, -0.05) is 19.1 Å². The Balaban J connectivity index is 2.92. The Morgan fingerprint density at radius 3 is 2.69 bits per heavy atom. The van der Waals surface area contributed by atoms with Crippen LogP contribution in [0.15, 0.2) is 18.2 Å². The van der Waals surface area contributed by atoms with Gasteiger partial charge in [-0.05, 0) is 23.6 Å². The first kappa shape index (κ1) is 12.5. The summed E-state index contributed by atoms with van der Waals surface area (Å²) in [5, 5.41) is 27.7. The van der Waals surface area contributed by atoms with Gasteiger partial charge in [0.25, 0.3) is 0 Å². The highest BCUT2D eigenvalue weighted by Gasteiger charge is 2.18. The summed E-state index contributed by atoms with van der Waals surface area (Å²) in [5.41, 5.74) is 7.94. The fourth-order valence-corrected chi connectivity index (χ4v) is 1.54. The second kappa shape index (κ2) is 5.50. The number of hydrogen-bond donors (Lipinski definition) is 3. The number of benzene rings is 1. The van der Waals surface area contributed by atoms with Crippen LogP contribution >= 0.6 is 0 Å². The third-order valence-electron chi connectivity index (χ3n) is 2.55. The van der Waals surface area contributed by atoms with Crippen LogP contribution in [0.1, 0.15) is 30.6 Å². The van der Waals surface area contributed by atoms with Crippen molar-refractivity contribution in [1.29, 1.82) is 5.26 Å². The molecule has 4 N–H and O–H groups in total. The van der Waals surface area contributed by atoms with E-state index < -0.39 is 12.2 Å². The third kappa shape index (κ3) is 2.72. The highest BCUT2D eigenvalue weighted by Crippen LogP contribution is 2.23. The van der Waals surface area contributed by atoms with Gasteiger partial charge in [0.2, 0.25) is 0 Å². The van der Waals surface area contributed by atoms with E-state index >= 15 is 0 Å². The molecule has 0 saturated carbocycles. The van der Waals surface area contributed by atoms with Crippen LogP contribution < -0.4 is 5.73 Å². The van der Waals surface area contributed by atoms with E-state index in [1.54, 1.807) is 18.2 Å². The normalized spacial score (nSPS) is 14.1. The predicted octanol–water partition coefficient (Wildman–Crippen LogP) is 1.14. The first-order valence-electron chi connectivity index (χ1n) is 5.21. The highest BCUT2D eigenvalue weighted by molar-refractivity contribution is 5.49. The summed E-state index contributed by atoms with van der Waals surface area (Å²) in [5.74, 6) is 0. The lowest BCUT2D eigenvalue weighted by molar-refractivity contribution is 0.0216. The van der Waals surface area contributed by atoms with Gasteiger partial charge in [-0.2, -0.15) is 5.26 Å². The molecule has 16 heavy (non-hydrogen) atoms. The van der Waals surface area contributed by atoms with Crippen LogP contribution in [0.3, 0.4) is 0 Å². The molecule has 0 heterocycles. The van der Waals surface area contributed by atoms with E-state index in [4.69, 9.17) is 11.0 Å². The third-order valence-corrected chi connectivity index (χ3v) is 2.55. The number of nitrogen functional groups attached to an aromatic ring is 1. The smallest absolute Gasteiger partial charge is 0.106 e. The Hall–Kier alpha value is -1.57. The van der Waals surface area contributed by atoms with Crippen molar-refractivity contribution in [2.45, 2.75) is 32.0 Å². The Kier molecular flexibility index (Phi) is 4.29. The van der Waals surface area contributed by atoms with E-state index in [-0.39, 0.29) is 6.42 Å². The zero-order valence-corrected chi connectivity index (χ0v) is 9.22. The molecule has 0 aromatic heterocycles. The lowest BCUT2D eigenvalue weighted by atomic mass is 9.99. The minimum Gasteiger partial charge on any atom is -0.399 e. The van der Waals surface area contributed by atoms with Gasteiger partial charge in [-0.15, -0.1) is 0 Å². The molecule has 0 aliphatic heterocycles. The fourth-order valence-electron chi connectivity index (χ4n) is 1.54. The van der Waals surface area contributed by atoms with E-state index in [1.165, 1.54) is 0 Å². The van der Waals surface area contributed by atoms with Gasteiger partial charge in [0.15, 0.2) is 0 Å². The van der Waals surface area contributed by atoms with Crippen molar-refractivity contribution in [3.63, 3.8) is 0 Å². The van der Waals surface area contributed by atoms with E-state index in [0.29, 0.717) is 11.3 Å². The van der Waals surface area contributed by atoms with Crippen LogP contribution in [0.25, 0.3) is 0 Å². The number of nitrogens with zero attached hydrogens (tertiary/aromatic N) is 1. The van der Waals surface area contributed by atoms with Gasteiger partial charge < -0.3 is 15.9 Å². The number of nitrogens with two attached hydrogens (primary N) is 1. The van der Waals surface area contributed by atoms with Crippen molar-refractivity contribution in [1.82, 2.24) is 0 Å². The zero-order chi connectivity index (χ0) is 12.1. The molecule has 2 atom stereocenters. The maximum absolute atomic E-state index is 9.79. The highest BCUT2D eigenvalue weighted by atomic mass is 16.3. The molecule has 0 radical (unpaired) electrons. The minimum atomic E-state index is -1.06. The van der Waals surface area contributed by atoms with Crippen LogP contribution in [-0.4, -0.2) is 16.3 Å². The summed E-state index contributed by atoms with van der Waals surface area (Å²) in [6, 6.07) is 6.96. The second-order valence-corrected chi connectivity index (χ2v) is 3.69. The van der Waals surface area contributed by atoms with Gasteiger partial charge >= 0.3 is 0 Å². The average molecular weight is 220 g/mol. The summed E-state index contributed by atoms with van der Waals surface area (Å²) < 4.78 is 0. The van der Waals surface area contributed by atoms with Gasteiger partial charge in [0.05, 0.1) is 18.6 Å². The van der Waals surface area contributed by atoms with Gasteiger partial charge in [0.1, 0.15) is 6.10 Å². The molecule has 1 aromatic rings. The molecule has 4 heteroatoms. The number of nitriles is 1. The molecule has 0 bridgehead atoms. The van der Waals surface area contributed by atoms with Gasteiger partial charge in [-0.3, -0.25) is 0 Å². The van der Waals surface area contributed by atoms with Gasteiger partial charge in [-0.25, -0.2) is 0 Å². The fraction of sp³-hybridized carbons (Fsp3) is 0.417. The van der Waals surface area contributed by atoms with E-state index in [0.717, 1.165) is 12.0 Å². The van der Waals surface area contributed by atoms with Crippen LogP contribution in [0.4, 0.5) is 5.69 Å². The summed E-state index contributed by atoms with van der Waals surface area (Å²) in [6.07, 6.45) is -1.42. The summed E-state index contributed by atoms with van der Waals surface area (Å²) in [7, 11) is 0. The van der Waals surface area contributed by atoms with Crippen LogP contribution in [-0.2, 0) is 6.42 Å². The number of aliphatic hydroxyl groups is 2. The van der Waals surface area contributed by atoms with E-state index in [1.807, 2.05) is 13.0 Å². The van der Waals surface area contributed by atoms with Crippen LogP contribution in [0, 0.1) is 11.3 Å². The molecule has 0 fully saturated rings. The molecule has 4 nitrogen and oxygen atoms in total. The molecule has 0 saturated heterocycles. The molecule has 86 valence electrons. The monoisotopic (exact) mass is 220 g/mol. The minimum absolute atomic E-state index is 0.0903. The summed E-state index contributed by atoms with van der Waals surface area (Å²) in [6.45, 7) is 1.97. The molecule has 0 spiro atoms. The van der Waals surface area contributed by atoms with Crippen molar-refractivity contribution in [3.8, 4) is 6.07 Å². The first-order valence-corrected chi connectivity index (χ1v) is 5.21. The lowest BCUT2D eigenvalue weighted by Crippen LogP contribution is -2.17. The topological polar surface area (TPSA) is 90.3 Å². The Morgan fingerprint density at radius 2 is 2.12 bits per heavy atom. The number of aryl methyl sites for hydroxylation is 1. The Morgan fingerprint density at radius 1 is 1.44 bits per heavy atom. The van der Waals surface area contributed by atoms with Crippen molar-refractivity contribution >= 4 is 5.69 Å². The number of hydrogen-bond acceptors (Lipinski definition) is 4. The lowest BCUT2D eigenvalue weighted by Gasteiger charge is -2.17. The molecular formula is C12H16N2O2. The number of rotatable bonds is 4.